The first-order chi connectivity index (χ1) is 11.6. The number of nitrogens with zero attached hydrogens (tertiary/aromatic N) is 4. The number of benzene rings is 2. The van der Waals surface area contributed by atoms with Crippen molar-refractivity contribution in [1.29, 1.82) is 0 Å². The minimum absolute atomic E-state index is 0.340. The molecule has 0 saturated heterocycles. The zero-order chi connectivity index (χ0) is 16.7. The molecule has 4 rings (SSSR count). The third-order valence-corrected chi connectivity index (χ3v) is 3.97. The number of aromatic nitrogens is 4. The first-order valence-electron chi connectivity index (χ1n) is 7.36. The molecule has 4 aromatic rings. The average Bonchev–Trinajstić information content (AvgIpc) is 2.94. The summed E-state index contributed by atoms with van der Waals surface area (Å²) in [5.41, 5.74) is 2.44. The van der Waals surface area contributed by atoms with Crippen molar-refractivity contribution < 1.29 is 4.39 Å². The zero-order valence-corrected chi connectivity index (χ0v) is 13.5. The molecule has 0 saturated carbocycles. The quantitative estimate of drug-likeness (QED) is 0.537. The molecule has 0 spiro atoms. The van der Waals surface area contributed by atoms with E-state index in [1.807, 2.05) is 16.7 Å². The fourth-order valence-electron chi connectivity index (χ4n) is 2.62. The Hall–Kier alpha value is -2.79. The van der Waals surface area contributed by atoms with E-state index in [4.69, 9.17) is 11.6 Å². The predicted molar refractivity (Wildman–Crippen MR) is 91.8 cm³/mol. The topological polar surface area (TPSA) is 43.6 Å². The van der Waals surface area contributed by atoms with Crippen LogP contribution in [-0.2, 0) is 0 Å². The third-order valence-electron chi connectivity index (χ3n) is 3.72. The van der Waals surface area contributed by atoms with Gasteiger partial charge in [-0.2, -0.15) is 0 Å². The van der Waals surface area contributed by atoms with Crippen LogP contribution in [0.2, 0.25) is 5.02 Å². The smallest absolute Gasteiger partial charge is 0.168 e. The molecule has 2 heterocycles. The summed E-state index contributed by atoms with van der Waals surface area (Å²) in [7, 11) is 0. The molecular weight excluding hydrogens is 327 g/mol. The average molecular weight is 339 g/mol. The number of rotatable bonds is 2. The van der Waals surface area contributed by atoms with E-state index < -0.39 is 0 Å². The summed E-state index contributed by atoms with van der Waals surface area (Å²) in [5.74, 6) is 0.760. The van der Waals surface area contributed by atoms with Crippen LogP contribution in [0.3, 0.4) is 0 Å². The lowest BCUT2D eigenvalue weighted by molar-refractivity contribution is 0.629. The molecule has 0 amide bonds. The van der Waals surface area contributed by atoms with Crippen LogP contribution in [0, 0.1) is 12.7 Å². The van der Waals surface area contributed by atoms with Gasteiger partial charge in [0, 0.05) is 10.7 Å². The summed E-state index contributed by atoms with van der Waals surface area (Å²) in [4.78, 5) is 13.2. The van der Waals surface area contributed by atoms with E-state index >= 15 is 0 Å². The van der Waals surface area contributed by atoms with Gasteiger partial charge in [-0.25, -0.2) is 19.3 Å². The van der Waals surface area contributed by atoms with Crippen molar-refractivity contribution in [3.8, 4) is 17.1 Å². The van der Waals surface area contributed by atoms with Crippen molar-refractivity contribution in [1.82, 2.24) is 19.5 Å². The van der Waals surface area contributed by atoms with Crippen molar-refractivity contribution in [2.24, 2.45) is 0 Å². The Kier molecular flexibility index (Phi) is 3.50. The maximum Gasteiger partial charge on any atom is 0.168 e. The largest absolute Gasteiger partial charge is 0.276 e. The second-order valence-electron chi connectivity index (χ2n) is 5.35. The summed E-state index contributed by atoms with van der Waals surface area (Å²) >= 11 is 5.99. The highest BCUT2D eigenvalue weighted by Gasteiger charge is 2.18. The van der Waals surface area contributed by atoms with E-state index in [0.717, 1.165) is 5.69 Å². The van der Waals surface area contributed by atoms with Crippen molar-refractivity contribution in [2.75, 3.05) is 0 Å². The van der Waals surface area contributed by atoms with Gasteiger partial charge >= 0.3 is 0 Å². The molecular formula is C18H12ClFN4. The summed E-state index contributed by atoms with van der Waals surface area (Å²) in [6.45, 7) is 1.81. The number of aryl methyl sites for hydroxylation is 1. The Morgan fingerprint density at radius 2 is 1.75 bits per heavy atom. The monoisotopic (exact) mass is 338 g/mol. The molecule has 0 unspecified atom stereocenters. The van der Waals surface area contributed by atoms with E-state index in [1.165, 1.54) is 6.07 Å². The van der Waals surface area contributed by atoms with Crippen LogP contribution in [-0.4, -0.2) is 19.5 Å². The number of imidazole rings is 1. The predicted octanol–water partition coefficient (Wildman–Crippen LogP) is 4.58. The van der Waals surface area contributed by atoms with E-state index in [1.54, 1.807) is 43.5 Å². The molecule has 0 fully saturated rings. The van der Waals surface area contributed by atoms with Crippen LogP contribution in [0.1, 0.15) is 5.82 Å². The molecule has 0 N–H and O–H groups in total. The standard InChI is InChI=1S/C18H12ClFN4/c1-11-21-10-16-18(22-11)24(13-8-6-12(19)7-9-13)17(23-16)14-4-2-3-5-15(14)20/h2-10H,1H3. The summed E-state index contributed by atoms with van der Waals surface area (Å²) < 4.78 is 16.2. The molecule has 4 nitrogen and oxygen atoms in total. The van der Waals surface area contributed by atoms with Crippen molar-refractivity contribution in [3.63, 3.8) is 0 Å². The highest BCUT2D eigenvalue weighted by Crippen LogP contribution is 2.29. The van der Waals surface area contributed by atoms with E-state index in [9.17, 15) is 4.39 Å². The lowest BCUT2D eigenvalue weighted by atomic mass is 10.2. The summed E-state index contributed by atoms with van der Waals surface area (Å²) in [6.07, 6.45) is 1.65. The SMILES string of the molecule is Cc1ncc2nc(-c3ccccc3F)n(-c3ccc(Cl)cc3)c2n1. The molecule has 2 aromatic heterocycles. The van der Waals surface area contributed by atoms with Gasteiger partial charge in [0.05, 0.1) is 11.8 Å². The second-order valence-corrected chi connectivity index (χ2v) is 5.79. The fourth-order valence-corrected chi connectivity index (χ4v) is 2.74. The Morgan fingerprint density at radius 1 is 1.00 bits per heavy atom. The molecule has 118 valence electrons. The molecule has 0 aliphatic heterocycles. The highest BCUT2D eigenvalue weighted by atomic mass is 35.5. The lowest BCUT2D eigenvalue weighted by Crippen LogP contribution is -2.00. The highest BCUT2D eigenvalue weighted by molar-refractivity contribution is 6.30. The van der Waals surface area contributed by atoms with Gasteiger partial charge in [-0.3, -0.25) is 4.57 Å². The Balaban J connectivity index is 2.08. The van der Waals surface area contributed by atoms with Crippen LogP contribution < -0.4 is 0 Å². The molecule has 0 radical (unpaired) electrons. The summed E-state index contributed by atoms with van der Waals surface area (Å²) in [5, 5.41) is 0.626. The number of hydrogen-bond donors (Lipinski definition) is 0. The van der Waals surface area contributed by atoms with Gasteiger partial charge in [-0.05, 0) is 43.3 Å². The van der Waals surface area contributed by atoms with E-state index in [0.29, 0.717) is 33.4 Å². The lowest BCUT2D eigenvalue weighted by Gasteiger charge is -2.09. The minimum atomic E-state index is -0.340. The van der Waals surface area contributed by atoms with Gasteiger partial charge in [0.2, 0.25) is 0 Å². The molecule has 0 bridgehead atoms. The minimum Gasteiger partial charge on any atom is -0.276 e. The first-order valence-corrected chi connectivity index (χ1v) is 7.74. The normalized spacial score (nSPS) is 11.1. The van der Waals surface area contributed by atoms with Crippen LogP contribution in [0.5, 0.6) is 0 Å². The van der Waals surface area contributed by atoms with Crippen molar-refractivity contribution in [2.45, 2.75) is 6.92 Å². The fraction of sp³-hybridized carbons (Fsp3) is 0.0556. The third kappa shape index (κ3) is 2.43. The van der Waals surface area contributed by atoms with Crippen LogP contribution in [0.15, 0.2) is 54.7 Å². The zero-order valence-electron chi connectivity index (χ0n) is 12.7. The van der Waals surface area contributed by atoms with E-state index in [2.05, 4.69) is 15.0 Å². The van der Waals surface area contributed by atoms with Crippen LogP contribution in [0.25, 0.3) is 28.2 Å². The summed E-state index contributed by atoms with van der Waals surface area (Å²) in [6, 6.07) is 13.8. The number of halogens is 2. The van der Waals surface area contributed by atoms with Crippen LogP contribution >= 0.6 is 11.6 Å². The van der Waals surface area contributed by atoms with Crippen LogP contribution in [0.4, 0.5) is 4.39 Å². The van der Waals surface area contributed by atoms with Gasteiger partial charge in [0.25, 0.3) is 0 Å². The first kappa shape index (κ1) is 14.8. The molecule has 2 aromatic carbocycles. The van der Waals surface area contributed by atoms with Crippen molar-refractivity contribution >= 4 is 22.8 Å². The van der Waals surface area contributed by atoms with Gasteiger partial charge in [-0.1, -0.05) is 23.7 Å². The van der Waals surface area contributed by atoms with Gasteiger partial charge in [0.1, 0.15) is 23.0 Å². The molecule has 6 heteroatoms. The second kappa shape index (κ2) is 5.69. The molecule has 24 heavy (non-hydrogen) atoms. The Morgan fingerprint density at radius 3 is 2.50 bits per heavy atom. The number of fused-ring (bicyclic) bond motifs is 1. The van der Waals surface area contributed by atoms with E-state index in [-0.39, 0.29) is 5.82 Å². The molecule has 0 aliphatic carbocycles. The van der Waals surface area contributed by atoms with Gasteiger partial charge in [0.15, 0.2) is 5.65 Å². The maximum absolute atomic E-state index is 14.3. The molecule has 0 atom stereocenters. The Labute approximate surface area is 142 Å². The maximum atomic E-state index is 14.3. The molecule has 0 aliphatic rings. The van der Waals surface area contributed by atoms with Gasteiger partial charge < -0.3 is 0 Å². The number of hydrogen-bond acceptors (Lipinski definition) is 3. The van der Waals surface area contributed by atoms with Crippen molar-refractivity contribution in [3.05, 3.63) is 71.4 Å². The van der Waals surface area contributed by atoms with Gasteiger partial charge in [-0.15, -0.1) is 0 Å². The Bertz CT molecular complexity index is 1040.